The maximum Gasteiger partial charge on any atom is 0.410 e. The lowest BCUT2D eigenvalue weighted by atomic mass is 10.1. The molecular formula is C22H28N6O4S. The van der Waals surface area contributed by atoms with Crippen molar-refractivity contribution in [3.8, 4) is 11.3 Å². The molecule has 0 bridgehead atoms. The molecule has 176 valence electrons. The summed E-state index contributed by atoms with van der Waals surface area (Å²) in [4.78, 5) is 23.0. The number of nitrogens with zero attached hydrogens (tertiary/aromatic N) is 5. The molecule has 4 rings (SSSR count). The largest absolute Gasteiger partial charge is 0.444 e. The van der Waals surface area contributed by atoms with Crippen LogP contribution in [-0.2, 0) is 14.6 Å². The fourth-order valence-corrected chi connectivity index (χ4v) is 4.64. The number of rotatable bonds is 3. The minimum Gasteiger partial charge on any atom is -0.444 e. The van der Waals surface area contributed by atoms with Crippen molar-refractivity contribution >= 4 is 32.8 Å². The van der Waals surface area contributed by atoms with E-state index in [4.69, 9.17) is 15.6 Å². The van der Waals surface area contributed by atoms with Crippen molar-refractivity contribution in [3.63, 3.8) is 0 Å². The molecule has 0 spiro atoms. The summed E-state index contributed by atoms with van der Waals surface area (Å²) in [5.74, 6) is 0.255. The van der Waals surface area contributed by atoms with E-state index in [-0.39, 0.29) is 22.8 Å². The number of piperidine rings is 1. The van der Waals surface area contributed by atoms with Crippen molar-refractivity contribution < 1.29 is 17.9 Å². The van der Waals surface area contributed by atoms with Gasteiger partial charge < -0.3 is 15.4 Å². The van der Waals surface area contributed by atoms with E-state index in [9.17, 15) is 13.2 Å². The summed E-state index contributed by atoms with van der Waals surface area (Å²) in [5.41, 5.74) is 7.26. The molecule has 33 heavy (non-hydrogen) atoms. The molecular weight excluding hydrogens is 444 g/mol. The lowest BCUT2D eigenvalue weighted by Gasteiger charge is -2.34. The van der Waals surface area contributed by atoms with Crippen molar-refractivity contribution in [3.05, 3.63) is 30.6 Å². The van der Waals surface area contributed by atoms with E-state index in [0.717, 1.165) is 19.1 Å². The number of carbonyl (C=O) groups excluding carboxylic acids is 1. The highest BCUT2D eigenvalue weighted by Crippen LogP contribution is 2.34. The van der Waals surface area contributed by atoms with Gasteiger partial charge in [-0.2, -0.15) is 5.10 Å². The summed E-state index contributed by atoms with van der Waals surface area (Å²) in [6.07, 6.45) is 3.75. The molecule has 0 radical (unpaired) electrons. The van der Waals surface area contributed by atoms with Gasteiger partial charge in [0.05, 0.1) is 16.3 Å². The highest BCUT2D eigenvalue weighted by atomic mass is 32.2. The third-order valence-electron chi connectivity index (χ3n) is 5.45. The molecule has 1 amide bonds. The molecule has 1 saturated heterocycles. The predicted octanol–water partition coefficient (Wildman–Crippen LogP) is 3.05. The van der Waals surface area contributed by atoms with Crippen LogP contribution in [0.1, 0.15) is 39.7 Å². The topological polar surface area (TPSA) is 133 Å². The van der Waals surface area contributed by atoms with Crippen LogP contribution < -0.4 is 5.73 Å². The molecule has 1 aliphatic rings. The number of aromatic nitrogens is 4. The molecule has 11 heteroatoms. The van der Waals surface area contributed by atoms with Crippen LogP contribution in [0.3, 0.4) is 0 Å². The van der Waals surface area contributed by atoms with Crippen LogP contribution in [0.15, 0.2) is 35.5 Å². The quantitative estimate of drug-likeness (QED) is 0.615. The molecule has 3 aromatic rings. The SMILES string of the molecule is CC(C)(C)OC(=O)N1CCC[C@@H](n2nc(-c3cccc(S(C)(=O)=O)c3)c3c(N)ncnc32)C1. The first-order valence-corrected chi connectivity index (χ1v) is 12.6. The molecule has 10 nitrogen and oxygen atoms in total. The highest BCUT2D eigenvalue weighted by molar-refractivity contribution is 7.90. The number of hydrogen-bond acceptors (Lipinski definition) is 8. The number of sulfone groups is 1. The maximum atomic E-state index is 12.6. The van der Waals surface area contributed by atoms with E-state index >= 15 is 0 Å². The van der Waals surface area contributed by atoms with E-state index in [2.05, 4.69) is 9.97 Å². The number of nitrogens with two attached hydrogens (primary N) is 1. The lowest BCUT2D eigenvalue weighted by molar-refractivity contribution is 0.0169. The van der Waals surface area contributed by atoms with Gasteiger partial charge in [-0.1, -0.05) is 12.1 Å². The maximum absolute atomic E-state index is 12.6. The standard InChI is InChI=1S/C22H28N6O4S/c1-22(2,3)32-21(29)27-10-6-8-15(12-27)28-20-17(19(23)24-13-25-20)18(26-28)14-7-5-9-16(11-14)33(4,30)31/h5,7,9,11,13,15H,6,8,10,12H2,1-4H3,(H2,23,24,25)/t15-/m1/s1. The number of amides is 1. The molecule has 2 aromatic heterocycles. The van der Waals surface area contributed by atoms with Gasteiger partial charge in [-0.25, -0.2) is 27.9 Å². The van der Waals surface area contributed by atoms with Gasteiger partial charge in [0.15, 0.2) is 15.5 Å². The number of fused-ring (bicyclic) bond motifs is 1. The Bertz CT molecular complexity index is 1310. The average molecular weight is 473 g/mol. The van der Waals surface area contributed by atoms with Crippen molar-refractivity contribution in [2.45, 2.75) is 50.2 Å². The first-order chi connectivity index (χ1) is 15.4. The molecule has 0 unspecified atom stereocenters. The Morgan fingerprint density at radius 2 is 2.00 bits per heavy atom. The number of likely N-dealkylation sites (tertiary alicyclic amines) is 1. The van der Waals surface area contributed by atoms with Crippen LogP contribution in [0.4, 0.5) is 10.6 Å². The lowest BCUT2D eigenvalue weighted by Crippen LogP contribution is -2.43. The molecule has 1 fully saturated rings. The van der Waals surface area contributed by atoms with Gasteiger partial charge in [0.2, 0.25) is 0 Å². The third-order valence-corrected chi connectivity index (χ3v) is 6.56. The summed E-state index contributed by atoms with van der Waals surface area (Å²) >= 11 is 0. The van der Waals surface area contributed by atoms with E-state index in [1.165, 1.54) is 12.4 Å². The number of ether oxygens (including phenoxy) is 1. The van der Waals surface area contributed by atoms with E-state index in [0.29, 0.717) is 35.4 Å². The van der Waals surface area contributed by atoms with Crippen LogP contribution in [0.25, 0.3) is 22.3 Å². The molecule has 1 aromatic carbocycles. The minimum atomic E-state index is -3.40. The summed E-state index contributed by atoms with van der Waals surface area (Å²) in [6, 6.07) is 6.41. The second-order valence-electron chi connectivity index (χ2n) is 9.27. The van der Waals surface area contributed by atoms with Gasteiger partial charge >= 0.3 is 6.09 Å². The average Bonchev–Trinajstić information content (AvgIpc) is 3.13. The van der Waals surface area contributed by atoms with Crippen LogP contribution >= 0.6 is 0 Å². The van der Waals surface area contributed by atoms with Crippen molar-refractivity contribution in [2.24, 2.45) is 0 Å². The van der Waals surface area contributed by atoms with Crippen LogP contribution in [0.5, 0.6) is 0 Å². The van der Waals surface area contributed by atoms with Gasteiger partial charge in [-0.3, -0.25) is 0 Å². The summed E-state index contributed by atoms with van der Waals surface area (Å²) in [5, 5.41) is 5.35. The second kappa shape index (κ2) is 8.29. The molecule has 0 saturated carbocycles. The normalized spacial score (nSPS) is 17.3. The zero-order chi connectivity index (χ0) is 24.0. The van der Waals surface area contributed by atoms with E-state index < -0.39 is 15.4 Å². The van der Waals surface area contributed by atoms with Gasteiger partial charge in [0.1, 0.15) is 23.4 Å². The fourth-order valence-electron chi connectivity index (χ4n) is 3.97. The Labute approximate surface area is 192 Å². The molecule has 2 N–H and O–H groups in total. The van der Waals surface area contributed by atoms with Gasteiger partial charge in [0.25, 0.3) is 0 Å². The summed E-state index contributed by atoms with van der Waals surface area (Å²) in [7, 11) is -3.40. The van der Waals surface area contributed by atoms with Crippen LogP contribution in [0, 0.1) is 0 Å². The van der Waals surface area contributed by atoms with Crippen molar-refractivity contribution in [1.82, 2.24) is 24.6 Å². The van der Waals surface area contributed by atoms with Crippen LogP contribution in [-0.4, -0.2) is 64.1 Å². The molecule has 3 heterocycles. The van der Waals surface area contributed by atoms with Gasteiger partial charge in [-0.15, -0.1) is 0 Å². The van der Waals surface area contributed by atoms with Crippen molar-refractivity contribution in [2.75, 3.05) is 25.1 Å². The Hall–Kier alpha value is -3.21. The van der Waals surface area contributed by atoms with Crippen molar-refractivity contribution in [1.29, 1.82) is 0 Å². The Morgan fingerprint density at radius 3 is 2.70 bits per heavy atom. The zero-order valence-corrected chi connectivity index (χ0v) is 20.0. The predicted molar refractivity (Wildman–Crippen MR) is 124 cm³/mol. The summed E-state index contributed by atoms with van der Waals surface area (Å²) < 4.78 is 31.5. The second-order valence-corrected chi connectivity index (χ2v) is 11.3. The highest BCUT2D eigenvalue weighted by Gasteiger charge is 2.31. The number of nitrogen functional groups attached to an aromatic ring is 1. The first-order valence-electron chi connectivity index (χ1n) is 10.7. The Balaban J connectivity index is 1.76. The van der Waals surface area contributed by atoms with Crippen LogP contribution in [0.2, 0.25) is 0 Å². The van der Waals surface area contributed by atoms with Gasteiger partial charge in [0, 0.05) is 24.9 Å². The van der Waals surface area contributed by atoms with E-state index in [1.807, 2.05) is 20.8 Å². The first kappa shape index (κ1) is 23.0. The van der Waals surface area contributed by atoms with Gasteiger partial charge in [-0.05, 0) is 45.7 Å². The Kier molecular flexibility index (Phi) is 5.77. The molecule has 0 aliphatic carbocycles. The number of anilines is 1. The number of carbonyl (C=O) groups is 1. The molecule has 1 atom stereocenters. The zero-order valence-electron chi connectivity index (χ0n) is 19.1. The number of benzene rings is 1. The monoisotopic (exact) mass is 472 g/mol. The third kappa shape index (κ3) is 4.77. The Morgan fingerprint density at radius 1 is 1.24 bits per heavy atom. The summed E-state index contributed by atoms with van der Waals surface area (Å²) in [6.45, 7) is 6.53. The van der Waals surface area contributed by atoms with E-state index in [1.54, 1.807) is 27.8 Å². The minimum absolute atomic E-state index is 0.144. The smallest absolute Gasteiger partial charge is 0.410 e. The molecule has 1 aliphatic heterocycles. The number of hydrogen-bond donors (Lipinski definition) is 1. The fraction of sp³-hybridized carbons (Fsp3) is 0.455.